The number of alkyl halides is 1. The maximum Gasteiger partial charge on any atom is 0.240 e. The van der Waals surface area contributed by atoms with Crippen molar-refractivity contribution in [2.45, 2.75) is 10.8 Å². The van der Waals surface area contributed by atoms with Gasteiger partial charge in [-0.3, -0.25) is 9.59 Å². The summed E-state index contributed by atoms with van der Waals surface area (Å²) in [6.07, 6.45) is 0. The van der Waals surface area contributed by atoms with Crippen molar-refractivity contribution in [1.82, 2.24) is 0 Å². The fourth-order valence-corrected chi connectivity index (χ4v) is 6.19. The molecule has 1 fully saturated rings. The summed E-state index contributed by atoms with van der Waals surface area (Å²) in [4.78, 5) is 27.5. The first-order valence-electron chi connectivity index (χ1n) is 9.83. The van der Waals surface area contributed by atoms with Crippen LogP contribution in [0, 0.1) is 23.2 Å². The lowest BCUT2D eigenvalue weighted by atomic mass is 9.54. The monoisotopic (exact) mass is 410 g/mol. The summed E-state index contributed by atoms with van der Waals surface area (Å²) in [5.41, 5.74) is 4.83. The normalized spacial score (nSPS) is 28.0. The Morgan fingerprint density at radius 2 is 1.40 bits per heavy atom. The third-order valence-corrected chi connectivity index (χ3v) is 7.41. The molecule has 0 spiro atoms. The summed E-state index contributed by atoms with van der Waals surface area (Å²) in [6.45, 7) is 0. The highest BCUT2D eigenvalue weighted by Crippen LogP contribution is 2.65. The van der Waals surface area contributed by atoms with Gasteiger partial charge >= 0.3 is 0 Å². The number of rotatable bonds is 1. The quantitative estimate of drug-likeness (QED) is 0.443. The molecule has 1 saturated heterocycles. The molecule has 0 N–H and O–H groups in total. The summed E-state index contributed by atoms with van der Waals surface area (Å²) in [5, 5.41) is 9.06. The van der Waals surface area contributed by atoms with Gasteiger partial charge in [-0.2, -0.15) is 5.26 Å². The van der Waals surface area contributed by atoms with E-state index in [9.17, 15) is 9.59 Å². The molecule has 2 atom stereocenters. The van der Waals surface area contributed by atoms with Crippen LogP contribution >= 0.6 is 11.6 Å². The smallest absolute Gasteiger partial charge is 0.240 e. The molecule has 2 amide bonds. The van der Waals surface area contributed by atoms with Crippen molar-refractivity contribution in [2.24, 2.45) is 11.8 Å². The van der Waals surface area contributed by atoms with E-state index >= 15 is 0 Å². The molecule has 2 bridgehead atoms. The summed E-state index contributed by atoms with van der Waals surface area (Å²) >= 11 is 7.38. The van der Waals surface area contributed by atoms with E-state index in [1.54, 1.807) is 24.3 Å². The van der Waals surface area contributed by atoms with E-state index in [-0.39, 0.29) is 17.7 Å². The maximum atomic E-state index is 13.7. The van der Waals surface area contributed by atoms with Gasteiger partial charge in [-0.25, -0.2) is 4.90 Å². The van der Waals surface area contributed by atoms with E-state index in [4.69, 9.17) is 16.9 Å². The molecule has 3 aromatic rings. The topological polar surface area (TPSA) is 61.2 Å². The maximum absolute atomic E-state index is 13.7. The minimum Gasteiger partial charge on any atom is -0.274 e. The van der Waals surface area contributed by atoms with Crippen molar-refractivity contribution >= 4 is 29.1 Å². The van der Waals surface area contributed by atoms with Crippen LogP contribution in [0.1, 0.15) is 33.7 Å². The molecule has 7 rings (SSSR count). The standard InChI is InChI=1S/C25H15ClN2O2/c26-25-18-7-3-1-5-16(18)20(17-6-2-4-8-19(17)25)21-22(25)24(30)28(23(21)29)15-11-9-14(13-27)10-12-15/h1-12,20-22H/t20?,21-,22+,25?/m1/s1. The Hall–Kier alpha value is -3.42. The highest BCUT2D eigenvalue weighted by Gasteiger charge is 2.67. The van der Waals surface area contributed by atoms with Crippen LogP contribution in [-0.2, 0) is 14.5 Å². The van der Waals surface area contributed by atoms with Crippen LogP contribution in [0.3, 0.4) is 0 Å². The summed E-state index contributed by atoms with van der Waals surface area (Å²) < 4.78 is 0. The lowest BCUT2D eigenvalue weighted by Gasteiger charge is -2.50. The molecule has 4 aliphatic rings. The number of carbonyl (C=O) groups excluding carboxylic acids is 2. The molecule has 144 valence electrons. The van der Waals surface area contributed by atoms with E-state index in [1.807, 2.05) is 48.5 Å². The molecule has 0 aromatic heterocycles. The van der Waals surface area contributed by atoms with Crippen molar-refractivity contribution in [2.75, 3.05) is 4.90 Å². The van der Waals surface area contributed by atoms with Crippen molar-refractivity contribution < 1.29 is 9.59 Å². The minimum atomic E-state index is -1.08. The summed E-state index contributed by atoms with van der Waals surface area (Å²) in [6, 6.07) is 24.4. The number of halogens is 1. The van der Waals surface area contributed by atoms with Crippen LogP contribution in [0.15, 0.2) is 72.8 Å². The number of carbonyl (C=O) groups is 2. The Kier molecular flexibility index (Phi) is 3.38. The molecule has 1 heterocycles. The minimum absolute atomic E-state index is 0.206. The molecule has 4 nitrogen and oxygen atoms in total. The summed E-state index contributed by atoms with van der Waals surface area (Å²) in [5.74, 6) is -1.93. The molecule has 3 aromatic carbocycles. The van der Waals surface area contributed by atoms with E-state index in [1.165, 1.54) is 4.90 Å². The van der Waals surface area contributed by atoms with Crippen LogP contribution < -0.4 is 4.90 Å². The Balaban J connectivity index is 1.58. The van der Waals surface area contributed by atoms with Gasteiger partial charge in [-0.1, -0.05) is 48.5 Å². The van der Waals surface area contributed by atoms with Gasteiger partial charge in [0.1, 0.15) is 4.87 Å². The number of anilines is 1. The van der Waals surface area contributed by atoms with Gasteiger partial charge in [0.25, 0.3) is 0 Å². The zero-order chi connectivity index (χ0) is 20.6. The zero-order valence-electron chi connectivity index (χ0n) is 15.7. The highest BCUT2D eigenvalue weighted by atomic mass is 35.5. The molecular weight excluding hydrogens is 396 g/mol. The fourth-order valence-electron chi connectivity index (χ4n) is 5.62. The van der Waals surface area contributed by atoms with Crippen LogP contribution in [0.2, 0.25) is 0 Å². The van der Waals surface area contributed by atoms with E-state index in [2.05, 4.69) is 6.07 Å². The van der Waals surface area contributed by atoms with E-state index in [0.29, 0.717) is 11.3 Å². The van der Waals surface area contributed by atoms with Gasteiger partial charge in [-0.15, -0.1) is 11.6 Å². The second kappa shape index (κ2) is 5.81. The molecule has 0 radical (unpaired) electrons. The van der Waals surface area contributed by atoms with Crippen molar-refractivity contribution in [3.8, 4) is 6.07 Å². The van der Waals surface area contributed by atoms with Crippen LogP contribution in [-0.4, -0.2) is 11.8 Å². The number of nitriles is 1. The van der Waals surface area contributed by atoms with Crippen molar-refractivity contribution in [1.29, 1.82) is 5.26 Å². The Morgan fingerprint density at radius 1 is 0.833 bits per heavy atom. The molecule has 1 aliphatic heterocycles. The second-order valence-corrected chi connectivity index (χ2v) is 8.63. The molecule has 3 aliphatic carbocycles. The average Bonchev–Trinajstić information content (AvgIpc) is 3.06. The van der Waals surface area contributed by atoms with Crippen LogP contribution in [0.25, 0.3) is 0 Å². The van der Waals surface area contributed by atoms with E-state index < -0.39 is 16.7 Å². The van der Waals surface area contributed by atoms with Crippen LogP contribution in [0.4, 0.5) is 5.69 Å². The zero-order valence-corrected chi connectivity index (χ0v) is 16.5. The summed E-state index contributed by atoms with van der Waals surface area (Å²) in [7, 11) is 0. The van der Waals surface area contributed by atoms with Gasteiger partial charge in [0.05, 0.1) is 29.2 Å². The molecule has 5 heteroatoms. The van der Waals surface area contributed by atoms with Gasteiger partial charge in [0, 0.05) is 5.92 Å². The Morgan fingerprint density at radius 3 is 1.97 bits per heavy atom. The van der Waals surface area contributed by atoms with Crippen molar-refractivity contribution in [3.63, 3.8) is 0 Å². The Labute approximate surface area is 178 Å². The van der Waals surface area contributed by atoms with Gasteiger partial charge < -0.3 is 0 Å². The number of benzene rings is 3. The first kappa shape index (κ1) is 17.4. The SMILES string of the molecule is N#Cc1ccc(N2C(=O)[C@@H]3C4c5ccccc5C(Cl)(c5ccccc54)[C@@H]3C2=O)cc1. The third kappa shape index (κ3) is 1.91. The molecular formula is C25H15ClN2O2. The third-order valence-electron chi connectivity index (χ3n) is 6.77. The first-order valence-corrected chi connectivity index (χ1v) is 10.2. The average molecular weight is 411 g/mol. The van der Waals surface area contributed by atoms with Gasteiger partial charge in [0.2, 0.25) is 11.8 Å². The number of nitrogens with zero attached hydrogens (tertiary/aromatic N) is 2. The predicted molar refractivity (Wildman–Crippen MR) is 112 cm³/mol. The molecule has 30 heavy (non-hydrogen) atoms. The lowest BCUT2D eigenvalue weighted by Crippen LogP contribution is -2.50. The fraction of sp³-hybridized carbons (Fsp3) is 0.160. The number of imide groups is 1. The van der Waals surface area contributed by atoms with Crippen LogP contribution in [0.5, 0.6) is 0 Å². The number of hydrogen-bond acceptors (Lipinski definition) is 3. The van der Waals surface area contributed by atoms with Gasteiger partial charge in [0.15, 0.2) is 0 Å². The van der Waals surface area contributed by atoms with Crippen molar-refractivity contribution in [3.05, 3.63) is 101 Å². The van der Waals surface area contributed by atoms with E-state index in [0.717, 1.165) is 22.3 Å². The highest BCUT2D eigenvalue weighted by molar-refractivity contribution is 6.33. The first-order chi connectivity index (χ1) is 14.6. The molecule has 0 saturated carbocycles. The largest absolute Gasteiger partial charge is 0.274 e. The van der Waals surface area contributed by atoms with Gasteiger partial charge in [-0.05, 0) is 46.5 Å². The predicted octanol–water partition coefficient (Wildman–Crippen LogP) is 4.31. The number of hydrogen-bond donors (Lipinski definition) is 0. The lowest BCUT2D eigenvalue weighted by molar-refractivity contribution is -0.122. The molecule has 0 unspecified atom stereocenters. The Bertz CT molecular complexity index is 1240. The second-order valence-electron chi connectivity index (χ2n) is 8.04. The number of amides is 2.